The Kier molecular flexibility index (Phi) is 6.14. The number of ether oxygens (including phenoxy) is 1. The molecule has 0 aromatic carbocycles. The summed E-state index contributed by atoms with van der Waals surface area (Å²) >= 11 is 0. The molecule has 100 valence electrons. The van der Waals surface area contributed by atoms with Crippen molar-refractivity contribution in [1.29, 1.82) is 0 Å². The lowest BCUT2D eigenvalue weighted by Crippen LogP contribution is -2.30. The number of rotatable bonds is 7. The predicted molar refractivity (Wildman–Crippen MR) is 68.6 cm³/mol. The SMILES string of the molecule is CCC(CCO)CNC(=O)c1cccnc1OC. The van der Waals surface area contributed by atoms with Gasteiger partial charge in [0.25, 0.3) is 5.91 Å². The maximum atomic E-state index is 12.0. The van der Waals surface area contributed by atoms with E-state index in [0.29, 0.717) is 30.3 Å². The molecular weight excluding hydrogens is 232 g/mol. The molecular formula is C13H20N2O3. The van der Waals surface area contributed by atoms with Gasteiger partial charge in [0.05, 0.1) is 7.11 Å². The van der Waals surface area contributed by atoms with Crippen LogP contribution >= 0.6 is 0 Å². The third-order valence-electron chi connectivity index (χ3n) is 2.88. The summed E-state index contributed by atoms with van der Waals surface area (Å²) in [5, 5.41) is 11.7. The lowest BCUT2D eigenvalue weighted by Gasteiger charge is -2.14. The minimum atomic E-state index is -0.198. The zero-order chi connectivity index (χ0) is 13.4. The van der Waals surface area contributed by atoms with Crippen LogP contribution in [0.4, 0.5) is 0 Å². The van der Waals surface area contributed by atoms with E-state index in [2.05, 4.69) is 10.3 Å². The van der Waals surface area contributed by atoms with Gasteiger partial charge in [-0.1, -0.05) is 13.3 Å². The van der Waals surface area contributed by atoms with Gasteiger partial charge >= 0.3 is 0 Å². The molecule has 1 amide bonds. The summed E-state index contributed by atoms with van der Waals surface area (Å²) < 4.78 is 5.04. The lowest BCUT2D eigenvalue weighted by molar-refractivity contribution is 0.0939. The van der Waals surface area contributed by atoms with Crippen molar-refractivity contribution in [3.05, 3.63) is 23.9 Å². The van der Waals surface area contributed by atoms with Crippen molar-refractivity contribution in [2.75, 3.05) is 20.3 Å². The summed E-state index contributed by atoms with van der Waals surface area (Å²) in [7, 11) is 1.49. The quantitative estimate of drug-likeness (QED) is 0.765. The van der Waals surface area contributed by atoms with Gasteiger partial charge in [0.2, 0.25) is 5.88 Å². The van der Waals surface area contributed by atoms with E-state index >= 15 is 0 Å². The third kappa shape index (κ3) is 4.00. The highest BCUT2D eigenvalue weighted by atomic mass is 16.5. The third-order valence-corrected chi connectivity index (χ3v) is 2.88. The van der Waals surface area contributed by atoms with Crippen molar-refractivity contribution in [3.63, 3.8) is 0 Å². The van der Waals surface area contributed by atoms with Crippen LogP contribution in [0.5, 0.6) is 5.88 Å². The standard InChI is InChI=1S/C13H20N2O3/c1-3-10(6-8-16)9-15-12(17)11-5-4-7-14-13(11)18-2/h4-5,7,10,16H,3,6,8-9H2,1-2H3,(H,15,17). The molecule has 1 atom stereocenters. The van der Waals surface area contributed by atoms with Crippen LogP contribution in [0, 0.1) is 5.92 Å². The average molecular weight is 252 g/mol. The van der Waals surface area contributed by atoms with Gasteiger partial charge < -0.3 is 15.2 Å². The molecule has 1 unspecified atom stereocenters. The molecule has 0 fully saturated rings. The largest absolute Gasteiger partial charge is 0.480 e. The van der Waals surface area contributed by atoms with Gasteiger partial charge in [-0.25, -0.2) is 4.98 Å². The number of pyridine rings is 1. The van der Waals surface area contributed by atoms with Crippen LogP contribution in [0.15, 0.2) is 18.3 Å². The number of nitrogens with one attached hydrogen (secondary N) is 1. The zero-order valence-corrected chi connectivity index (χ0v) is 10.8. The van der Waals surface area contributed by atoms with Crippen molar-refractivity contribution in [2.24, 2.45) is 5.92 Å². The number of aliphatic hydroxyl groups excluding tert-OH is 1. The van der Waals surface area contributed by atoms with E-state index in [0.717, 1.165) is 6.42 Å². The second kappa shape index (κ2) is 7.66. The first kappa shape index (κ1) is 14.4. The molecule has 1 aromatic heterocycles. The second-order valence-corrected chi connectivity index (χ2v) is 4.06. The maximum Gasteiger partial charge on any atom is 0.256 e. The Morgan fingerprint density at radius 2 is 2.39 bits per heavy atom. The maximum absolute atomic E-state index is 12.0. The topological polar surface area (TPSA) is 71.5 Å². The van der Waals surface area contributed by atoms with E-state index in [1.54, 1.807) is 18.3 Å². The molecule has 0 saturated heterocycles. The molecule has 0 aliphatic heterocycles. The first-order valence-electron chi connectivity index (χ1n) is 6.11. The summed E-state index contributed by atoms with van der Waals surface area (Å²) in [5.74, 6) is 0.420. The highest BCUT2D eigenvalue weighted by molar-refractivity contribution is 5.96. The molecule has 1 rings (SSSR count). The number of methoxy groups -OCH3 is 1. The van der Waals surface area contributed by atoms with Crippen molar-refractivity contribution in [2.45, 2.75) is 19.8 Å². The van der Waals surface area contributed by atoms with E-state index in [1.807, 2.05) is 6.92 Å². The van der Waals surface area contributed by atoms with Crippen LogP contribution in [-0.2, 0) is 0 Å². The summed E-state index contributed by atoms with van der Waals surface area (Å²) in [5.41, 5.74) is 0.429. The van der Waals surface area contributed by atoms with Crippen LogP contribution in [-0.4, -0.2) is 36.3 Å². The summed E-state index contributed by atoms with van der Waals surface area (Å²) in [6, 6.07) is 3.37. The van der Waals surface area contributed by atoms with Gasteiger partial charge in [0, 0.05) is 19.3 Å². The molecule has 1 heterocycles. The summed E-state index contributed by atoms with van der Waals surface area (Å²) in [6.45, 7) is 2.73. The Hall–Kier alpha value is -1.62. The van der Waals surface area contributed by atoms with E-state index in [4.69, 9.17) is 9.84 Å². The van der Waals surface area contributed by atoms with Gasteiger partial charge in [0.15, 0.2) is 0 Å². The van der Waals surface area contributed by atoms with Crippen molar-refractivity contribution < 1.29 is 14.6 Å². The number of amides is 1. The monoisotopic (exact) mass is 252 g/mol. The van der Waals surface area contributed by atoms with Gasteiger partial charge in [-0.05, 0) is 24.5 Å². The van der Waals surface area contributed by atoms with E-state index in [1.165, 1.54) is 7.11 Å². The molecule has 5 nitrogen and oxygen atoms in total. The molecule has 2 N–H and O–H groups in total. The second-order valence-electron chi connectivity index (χ2n) is 4.06. The molecule has 0 aliphatic carbocycles. The summed E-state index contributed by atoms with van der Waals surface area (Å²) in [4.78, 5) is 15.9. The minimum absolute atomic E-state index is 0.143. The first-order chi connectivity index (χ1) is 8.72. The van der Waals surface area contributed by atoms with E-state index in [9.17, 15) is 4.79 Å². The van der Waals surface area contributed by atoms with Gasteiger partial charge in [-0.2, -0.15) is 0 Å². The zero-order valence-electron chi connectivity index (χ0n) is 10.8. The Morgan fingerprint density at radius 3 is 3.00 bits per heavy atom. The molecule has 0 bridgehead atoms. The molecule has 0 saturated carbocycles. The van der Waals surface area contributed by atoms with Crippen molar-refractivity contribution in [3.8, 4) is 5.88 Å². The lowest BCUT2D eigenvalue weighted by atomic mass is 10.0. The molecule has 5 heteroatoms. The molecule has 0 aliphatic rings. The van der Waals surface area contributed by atoms with Crippen LogP contribution in [0.1, 0.15) is 30.1 Å². The van der Waals surface area contributed by atoms with Crippen LogP contribution in [0.2, 0.25) is 0 Å². The summed E-state index contributed by atoms with van der Waals surface area (Å²) in [6.07, 6.45) is 3.20. The number of aliphatic hydroxyl groups is 1. The number of hydrogen-bond acceptors (Lipinski definition) is 4. The Bertz CT molecular complexity index is 382. The van der Waals surface area contributed by atoms with Crippen molar-refractivity contribution >= 4 is 5.91 Å². The number of nitrogens with zero attached hydrogens (tertiary/aromatic N) is 1. The smallest absolute Gasteiger partial charge is 0.256 e. The fourth-order valence-electron chi connectivity index (χ4n) is 1.69. The van der Waals surface area contributed by atoms with Crippen LogP contribution < -0.4 is 10.1 Å². The first-order valence-corrected chi connectivity index (χ1v) is 6.11. The Morgan fingerprint density at radius 1 is 1.61 bits per heavy atom. The van der Waals surface area contributed by atoms with Crippen LogP contribution in [0.3, 0.4) is 0 Å². The number of aromatic nitrogens is 1. The normalized spacial score (nSPS) is 11.9. The van der Waals surface area contributed by atoms with E-state index < -0.39 is 0 Å². The number of hydrogen-bond donors (Lipinski definition) is 2. The molecule has 0 spiro atoms. The highest BCUT2D eigenvalue weighted by Gasteiger charge is 2.14. The number of carbonyl (C=O) groups is 1. The van der Waals surface area contributed by atoms with Gasteiger partial charge in [-0.3, -0.25) is 4.79 Å². The Balaban J connectivity index is 2.59. The Labute approximate surface area is 107 Å². The fourth-order valence-corrected chi connectivity index (χ4v) is 1.69. The number of carbonyl (C=O) groups excluding carboxylic acids is 1. The fraction of sp³-hybridized carbons (Fsp3) is 0.538. The minimum Gasteiger partial charge on any atom is -0.480 e. The average Bonchev–Trinajstić information content (AvgIpc) is 2.42. The molecule has 0 radical (unpaired) electrons. The molecule has 1 aromatic rings. The molecule has 18 heavy (non-hydrogen) atoms. The van der Waals surface area contributed by atoms with Crippen LogP contribution in [0.25, 0.3) is 0 Å². The van der Waals surface area contributed by atoms with E-state index in [-0.39, 0.29) is 12.5 Å². The van der Waals surface area contributed by atoms with Crippen molar-refractivity contribution in [1.82, 2.24) is 10.3 Å². The predicted octanol–water partition coefficient (Wildman–Crippen LogP) is 1.23. The van der Waals surface area contributed by atoms with Gasteiger partial charge in [-0.15, -0.1) is 0 Å². The highest BCUT2D eigenvalue weighted by Crippen LogP contribution is 2.13. The van der Waals surface area contributed by atoms with Gasteiger partial charge in [0.1, 0.15) is 5.56 Å².